The van der Waals surface area contributed by atoms with Crippen molar-refractivity contribution in [2.45, 2.75) is 0 Å². The topological polar surface area (TPSA) is 87.6 Å². The van der Waals surface area contributed by atoms with Gasteiger partial charge in [0.2, 0.25) is 11.8 Å². The first-order chi connectivity index (χ1) is 21.0. The second-order valence-electron chi connectivity index (χ2n) is 9.91. The Morgan fingerprint density at radius 2 is 0.953 bits per heavy atom. The average Bonchev–Trinajstić information content (AvgIpc) is 3.64. The van der Waals surface area contributed by atoms with Crippen LogP contribution in [0.1, 0.15) is 0 Å². The Hall–Kier alpha value is -5.10. The van der Waals surface area contributed by atoms with Crippen LogP contribution in [0.3, 0.4) is 0 Å². The van der Waals surface area contributed by atoms with Crippen LogP contribution in [-0.4, -0.2) is 9.97 Å². The summed E-state index contributed by atoms with van der Waals surface area (Å²) in [6, 6.07) is 37.4. The van der Waals surface area contributed by atoms with Crippen LogP contribution >= 0.6 is 18.2 Å². The summed E-state index contributed by atoms with van der Waals surface area (Å²) < 4.78 is 38.2. The molecule has 0 atom stereocenters. The van der Waals surface area contributed by atoms with Crippen LogP contribution in [0.2, 0.25) is 0 Å². The molecule has 8 aromatic rings. The first-order valence-corrected chi connectivity index (χ1v) is 15.9. The minimum Gasteiger partial charge on any atom is -0.436 e. The summed E-state index contributed by atoms with van der Waals surface area (Å²) in [7, 11) is 0. The van der Waals surface area contributed by atoms with Gasteiger partial charge in [0, 0.05) is 11.2 Å². The van der Waals surface area contributed by atoms with Crippen molar-refractivity contribution in [1.29, 1.82) is 0 Å². The maximum atomic E-state index is 14.0. The van der Waals surface area contributed by atoms with Crippen molar-refractivity contribution < 1.29 is 22.4 Å². The first-order valence-electron chi connectivity index (χ1n) is 13.5. The van der Waals surface area contributed by atoms with E-state index in [2.05, 4.69) is 9.97 Å². The van der Waals surface area contributed by atoms with Gasteiger partial charge in [0.1, 0.15) is 22.5 Å². The first kappa shape index (κ1) is 25.6. The van der Waals surface area contributed by atoms with Gasteiger partial charge in [-0.25, -0.2) is 14.5 Å². The minimum absolute atomic E-state index is 0.202. The molecule has 0 saturated carbocycles. The quantitative estimate of drug-likeness (QED) is 0.175. The van der Waals surface area contributed by atoms with Crippen molar-refractivity contribution in [2.24, 2.45) is 0 Å². The SMILES string of the molecule is O=P(Cl)(Oc1ccc2ccccc2c1-c1nc2ccccc2o1)Oc1ccc2ccccc2c1-c1nc2ccccc2o1. The molecule has 2 aromatic heterocycles. The second kappa shape index (κ2) is 10.0. The third kappa shape index (κ3) is 4.59. The lowest BCUT2D eigenvalue weighted by Crippen LogP contribution is -1.99. The zero-order chi connectivity index (χ0) is 29.0. The highest BCUT2D eigenvalue weighted by Gasteiger charge is 2.31. The summed E-state index contributed by atoms with van der Waals surface area (Å²) in [5.74, 6) is 1.02. The Kier molecular flexibility index (Phi) is 5.96. The van der Waals surface area contributed by atoms with Crippen molar-refractivity contribution in [3.05, 3.63) is 121 Å². The van der Waals surface area contributed by atoms with E-state index in [-0.39, 0.29) is 11.5 Å². The number of rotatable bonds is 6. The fourth-order valence-corrected chi connectivity index (χ4v) is 6.57. The predicted octanol–water partition coefficient (Wildman–Crippen LogP) is 10.4. The Balaban J connectivity index is 1.24. The lowest BCUT2D eigenvalue weighted by atomic mass is 10.0. The minimum atomic E-state index is -4.32. The van der Waals surface area contributed by atoms with E-state index in [1.165, 1.54) is 0 Å². The van der Waals surface area contributed by atoms with Gasteiger partial charge in [-0.1, -0.05) is 84.9 Å². The largest absolute Gasteiger partial charge is 0.530 e. The van der Waals surface area contributed by atoms with E-state index in [1.54, 1.807) is 12.1 Å². The molecule has 0 radical (unpaired) electrons. The molecule has 43 heavy (non-hydrogen) atoms. The van der Waals surface area contributed by atoms with Crippen LogP contribution in [0.25, 0.3) is 66.7 Å². The molecule has 0 spiro atoms. The van der Waals surface area contributed by atoms with Gasteiger partial charge in [0.05, 0.1) is 11.1 Å². The molecule has 0 saturated heterocycles. The van der Waals surface area contributed by atoms with E-state index in [0.29, 0.717) is 45.1 Å². The van der Waals surface area contributed by atoms with Crippen molar-refractivity contribution in [3.63, 3.8) is 0 Å². The number of hydrogen-bond acceptors (Lipinski definition) is 7. The van der Waals surface area contributed by atoms with Crippen molar-refractivity contribution in [3.8, 4) is 34.4 Å². The maximum Gasteiger partial charge on any atom is 0.530 e. The Bertz CT molecular complexity index is 2150. The standard InChI is InChI=1S/C34H20ClN2O5P/c35-43(38,41-29-19-17-21-9-1-3-11-23(21)31(29)33-36-25-13-5-7-15-27(25)39-33)42-30-20-18-22-10-2-4-12-24(22)32(30)34-37-26-14-6-8-16-28(26)40-34/h1-20H. The van der Waals surface area contributed by atoms with Crippen molar-refractivity contribution in [1.82, 2.24) is 9.97 Å². The molecule has 2 heterocycles. The number of aromatic nitrogens is 2. The molecule has 0 aliphatic rings. The molecular formula is C34H20ClN2O5P. The number of halogens is 1. The molecule has 0 N–H and O–H groups in total. The Labute approximate surface area is 249 Å². The molecule has 208 valence electrons. The summed E-state index contributed by atoms with van der Waals surface area (Å²) in [6.45, 7) is -4.32. The fraction of sp³-hybridized carbons (Fsp3) is 0. The third-order valence-corrected chi connectivity index (χ3v) is 8.46. The number of oxazole rings is 2. The Morgan fingerprint density at radius 1 is 0.535 bits per heavy atom. The molecule has 0 amide bonds. The van der Waals surface area contributed by atoms with Crippen LogP contribution in [0.15, 0.2) is 130 Å². The van der Waals surface area contributed by atoms with Crippen molar-refractivity contribution >= 4 is 61.9 Å². The number of benzene rings is 6. The summed E-state index contributed by atoms with van der Waals surface area (Å²) in [4.78, 5) is 9.35. The van der Waals surface area contributed by atoms with Gasteiger partial charge in [-0.3, -0.25) is 0 Å². The summed E-state index contributed by atoms with van der Waals surface area (Å²) >= 11 is 6.59. The molecule has 7 nitrogen and oxygen atoms in total. The predicted molar refractivity (Wildman–Crippen MR) is 169 cm³/mol. The van der Waals surface area contributed by atoms with Gasteiger partial charge in [0.25, 0.3) is 0 Å². The van der Waals surface area contributed by atoms with Crippen molar-refractivity contribution in [2.75, 3.05) is 0 Å². The van der Waals surface area contributed by atoms with E-state index in [4.69, 9.17) is 29.1 Å². The smallest absolute Gasteiger partial charge is 0.436 e. The number of hydrogen-bond donors (Lipinski definition) is 0. The van der Waals surface area contributed by atoms with E-state index < -0.39 is 6.95 Å². The molecule has 0 unspecified atom stereocenters. The van der Waals surface area contributed by atoms with Gasteiger partial charge in [-0.15, -0.1) is 0 Å². The van der Waals surface area contributed by atoms with Crippen LogP contribution in [-0.2, 0) is 4.57 Å². The van der Waals surface area contributed by atoms with Crippen LogP contribution < -0.4 is 9.05 Å². The summed E-state index contributed by atoms with van der Waals surface area (Å²) in [6.07, 6.45) is 0. The highest BCUT2D eigenvalue weighted by molar-refractivity contribution is 7.82. The van der Waals surface area contributed by atoms with Crippen LogP contribution in [0, 0.1) is 0 Å². The zero-order valence-electron chi connectivity index (χ0n) is 22.3. The normalized spacial score (nSPS) is 11.9. The van der Waals surface area contributed by atoms with Gasteiger partial charge in [-0.2, -0.15) is 0 Å². The van der Waals surface area contributed by atoms with Crippen LogP contribution in [0.5, 0.6) is 11.5 Å². The molecule has 0 fully saturated rings. The number of para-hydroxylation sites is 4. The number of fused-ring (bicyclic) bond motifs is 4. The fourth-order valence-electron chi connectivity index (χ4n) is 5.31. The average molecular weight is 603 g/mol. The lowest BCUT2D eigenvalue weighted by molar-refractivity contribution is 0.407. The van der Waals surface area contributed by atoms with E-state index >= 15 is 0 Å². The van der Waals surface area contributed by atoms with E-state index in [0.717, 1.165) is 21.5 Å². The van der Waals surface area contributed by atoms with Crippen LogP contribution in [0.4, 0.5) is 0 Å². The highest BCUT2D eigenvalue weighted by Crippen LogP contribution is 2.57. The summed E-state index contributed by atoms with van der Waals surface area (Å²) in [5, 5.41) is 3.43. The van der Waals surface area contributed by atoms with E-state index in [9.17, 15) is 4.57 Å². The number of nitrogens with zero attached hydrogens (tertiary/aromatic N) is 2. The maximum absolute atomic E-state index is 14.0. The monoisotopic (exact) mass is 602 g/mol. The lowest BCUT2D eigenvalue weighted by Gasteiger charge is -2.18. The summed E-state index contributed by atoms with van der Waals surface area (Å²) in [5.41, 5.74) is 3.61. The molecular weight excluding hydrogens is 583 g/mol. The molecule has 0 aliphatic heterocycles. The second-order valence-corrected chi connectivity index (χ2v) is 12.4. The van der Waals surface area contributed by atoms with Gasteiger partial charge in [-0.05, 0) is 57.9 Å². The molecule has 0 aliphatic carbocycles. The molecule has 0 bridgehead atoms. The third-order valence-electron chi connectivity index (χ3n) is 7.21. The molecule has 6 aromatic carbocycles. The van der Waals surface area contributed by atoms with Gasteiger partial charge in [0.15, 0.2) is 11.2 Å². The van der Waals surface area contributed by atoms with Gasteiger partial charge < -0.3 is 17.9 Å². The highest BCUT2D eigenvalue weighted by atomic mass is 35.7. The van der Waals surface area contributed by atoms with Gasteiger partial charge >= 0.3 is 6.95 Å². The molecule has 9 heteroatoms. The molecule has 8 rings (SSSR count). The zero-order valence-corrected chi connectivity index (χ0v) is 24.0. The Morgan fingerprint density at radius 3 is 1.42 bits per heavy atom. The van der Waals surface area contributed by atoms with E-state index in [1.807, 2.05) is 109 Å².